The van der Waals surface area contributed by atoms with Crippen LogP contribution in [0.1, 0.15) is 12.5 Å². The molecule has 0 radical (unpaired) electrons. The van der Waals surface area contributed by atoms with Gasteiger partial charge in [0.2, 0.25) is 0 Å². The Balaban J connectivity index is 2.15. The number of nitrogens with one attached hydrogen (secondary N) is 1. The van der Waals surface area contributed by atoms with Crippen molar-refractivity contribution in [2.75, 3.05) is 12.4 Å². The number of ether oxygens (including phenoxy) is 1. The number of hydrogen-bond donors (Lipinski definition) is 2. The predicted octanol–water partition coefficient (Wildman–Crippen LogP) is 1.94. The van der Waals surface area contributed by atoms with Gasteiger partial charge in [0.15, 0.2) is 0 Å². The van der Waals surface area contributed by atoms with E-state index < -0.39 is 14.2 Å². The topological polar surface area (TPSA) is 94.1 Å². The van der Waals surface area contributed by atoms with E-state index in [4.69, 9.17) is 13.7 Å². The predicted molar refractivity (Wildman–Crippen MR) is 88.3 cm³/mol. The van der Waals surface area contributed by atoms with Crippen LogP contribution >= 0.6 is 0 Å². The molecule has 0 fully saturated rings. The molecular formula is C16H18AsNO6. The number of carbonyl (C=O) groups is 1. The Labute approximate surface area is 142 Å². The Morgan fingerprint density at radius 1 is 1.21 bits per heavy atom. The first kappa shape index (κ1) is 18.3. The molecule has 2 aromatic rings. The van der Waals surface area contributed by atoms with Crippen molar-refractivity contribution >= 4 is 30.1 Å². The van der Waals surface area contributed by atoms with Gasteiger partial charge in [-0.1, -0.05) is 0 Å². The molecule has 7 nitrogen and oxygen atoms in total. The van der Waals surface area contributed by atoms with Crippen LogP contribution in [0.2, 0.25) is 0 Å². The number of anilines is 1. The van der Waals surface area contributed by atoms with Crippen LogP contribution in [-0.4, -0.2) is 32.4 Å². The standard InChI is InChI=1S/C16H18AsNO6/c1-12(19)18-15-5-3-4-14(10-15)17(20,24-21)23-11-13-6-8-16(22-2)9-7-13/h3-10,21H,11H2,1-2H3,(H,18,19). The second-order valence-electron chi connectivity index (χ2n) is 4.93. The normalized spacial score (nSPS) is 13.1. The third-order valence-electron chi connectivity index (χ3n) is 3.15. The van der Waals surface area contributed by atoms with E-state index >= 15 is 0 Å². The molecule has 0 saturated heterocycles. The molecule has 1 atom stereocenters. The van der Waals surface area contributed by atoms with E-state index in [1.54, 1.807) is 43.5 Å². The fourth-order valence-corrected chi connectivity index (χ4v) is 4.45. The zero-order valence-electron chi connectivity index (χ0n) is 13.3. The van der Waals surface area contributed by atoms with Gasteiger partial charge in [0, 0.05) is 0 Å². The molecule has 0 saturated carbocycles. The molecule has 0 bridgehead atoms. The SMILES string of the molecule is COc1ccc(CO[As](=O)(OO)c2cccc(NC(C)=O)c2)cc1. The fraction of sp³-hybridized carbons (Fsp3) is 0.188. The van der Waals surface area contributed by atoms with Crippen molar-refractivity contribution in [3.63, 3.8) is 0 Å². The molecule has 0 aliphatic carbocycles. The molecule has 0 aliphatic heterocycles. The Morgan fingerprint density at radius 3 is 2.50 bits per heavy atom. The van der Waals surface area contributed by atoms with Crippen LogP contribution in [0, 0.1) is 0 Å². The molecule has 1 unspecified atom stereocenters. The molecule has 0 spiro atoms. The molecule has 0 aliphatic rings. The summed E-state index contributed by atoms with van der Waals surface area (Å²) < 4.78 is 27.6. The third-order valence-corrected chi connectivity index (χ3v) is 6.50. The van der Waals surface area contributed by atoms with Crippen molar-refractivity contribution in [1.82, 2.24) is 0 Å². The van der Waals surface area contributed by atoms with Crippen LogP contribution in [0.25, 0.3) is 0 Å². The van der Waals surface area contributed by atoms with Gasteiger partial charge in [0.25, 0.3) is 0 Å². The van der Waals surface area contributed by atoms with Gasteiger partial charge in [-0.2, -0.15) is 0 Å². The van der Waals surface area contributed by atoms with E-state index in [2.05, 4.69) is 9.19 Å². The number of carbonyl (C=O) groups excluding carboxylic acids is 1. The number of hydrogen-bond acceptors (Lipinski definition) is 6. The first-order chi connectivity index (χ1) is 11.5. The Bertz CT molecular complexity index is 746. The van der Waals surface area contributed by atoms with E-state index in [0.717, 1.165) is 5.56 Å². The molecule has 0 heterocycles. The molecule has 24 heavy (non-hydrogen) atoms. The number of methoxy groups -OCH3 is 1. The summed E-state index contributed by atoms with van der Waals surface area (Å²) in [4.78, 5) is 11.1. The minimum atomic E-state index is -4.65. The Hall–Kier alpha value is -2.05. The van der Waals surface area contributed by atoms with Crippen LogP contribution in [0.15, 0.2) is 48.5 Å². The van der Waals surface area contributed by atoms with Crippen LogP contribution < -0.4 is 14.4 Å². The first-order valence-corrected chi connectivity index (χ1v) is 10.3. The third kappa shape index (κ3) is 4.72. The Kier molecular flexibility index (Phi) is 6.22. The van der Waals surface area contributed by atoms with Crippen molar-refractivity contribution < 1.29 is 26.1 Å². The molecule has 1 amide bonds. The van der Waals surface area contributed by atoms with Crippen molar-refractivity contribution in [3.05, 3.63) is 54.1 Å². The summed E-state index contributed by atoms with van der Waals surface area (Å²) in [7, 11) is 1.56. The zero-order valence-corrected chi connectivity index (χ0v) is 15.1. The van der Waals surface area contributed by atoms with Gasteiger partial charge in [0.1, 0.15) is 0 Å². The summed E-state index contributed by atoms with van der Waals surface area (Å²) in [5, 5.41) is 11.7. The van der Waals surface area contributed by atoms with E-state index in [0.29, 0.717) is 11.4 Å². The zero-order chi connectivity index (χ0) is 17.6. The second-order valence-corrected chi connectivity index (χ2v) is 8.99. The maximum absolute atomic E-state index is 12.7. The number of benzene rings is 2. The summed E-state index contributed by atoms with van der Waals surface area (Å²) in [6.45, 7) is 1.35. The van der Waals surface area contributed by atoms with Gasteiger partial charge in [-0.05, 0) is 0 Å². The molecule has 2 aromatic carbocycles. The summed E-state index contributed by atoms with van der Waals surface area (Å²) in [6.07, 6.45) is 0. The van der Waals surface area contributed by atoms with Gasteiger partial charge in [-0.25, -0.2) is 0 Å². The summed E-state index contributed by atoms with van der Waals surface area (Å²) in [6, 6.07) is 13.2. The van der Waals surface area contributed by atoms with E-state index in [1.807, 2.05) is 0 Å². The van der Waals surface area contributed by atoms with Crippen molar-refractivity contribution in [2.24, 2.45) is 0 Å². The molecule has 128 valence electrons. The van der Waals surface area contributed by atoms with Crippen LogP contribution in [0.5, 0.6) is 5.75 Å². The molecular weight excluding hydrogens is 377 g/mol. The maximum atomic E-state index is 12.7. The Morgan fingerprint density at radius 2 is 1.92 bits per heavy atom. The summed E-state index contributed by atoms with van der Waals surface area (Å²) >= 11 is -4.65. The van der Waals surface area contributed by atoms with Crippen LogP contribution in [0.4, 0.5) is 5.69 Å². The van der Waals surface area contributed by atoms with E-state index in [1.165, 1.54) is 19.1 Å². The monoisotopic (exact) mass is 395 g/mol. The average molecular weight is 395 g/mol. The van der Waals surface area contributed by atoms with Crippen LogP contribution in [-0.2, 0) is 22.7 Å². The molecule has 2 N–H and O–H groups in total. The van der Waals surface area contributed by atoms with Crippen molar-refractivity contribution in [2.45, 2.75) is 13.5 Å². The van der Waals surface area contributed by atoms with Crippen LogP contribution in [0.3, 0.4) is 0 Å². The summed E-state index contributed by atoms with van der Waals surface area (Å²) in [5.74, 6) is 0.423. The van der Waals surface area contributed by atoms with Gasteiger partial charge in [-0.15, -0.1) is 0 Å². The average Bonchev–Trinajstić information content (AvgIpc) is 2.60. The minimum absolute atomic E-state index is 0.00851. The van der Waals surface area contributed by atoms with Gasteiger partial charge >= 0.3 is 142 Å². The quantitative estimate of drug-likeness (QED) is 0.423. The number of rotatable bonds is 7. The molecule has 8 heteroatoms. The van der Waals surface area contributed by atoms with E-state index in [-0.39, 0.29) is 16.9 Å². The summed E-state index contributed by atoms with van der Waals surface area (Å²) in [5.41, 5.74) is 1.18. The fourth-order valence-electron chi connectivity index (χ4n) is 1.98. The van der Waals surface area contributed by atoms with Crippen molar-refractivity contribution in [3.8, 4) is 5.75 Å². The second kappa shape index (κ2) is 8.17. The van der Waals surface area contributed by atoms with Gasteiger partial charge < -0.3 is 0 Å². The first-order valence-electron chi connectivity index (χ1n) is 7.06. The van der Waals surface area contributed by atoms with Gasteiger partial charge in [0.05, 0.1) is 0 Å². The molecule has 0 aromatic heterocycles. The number of amides is 1. The van der Waals surface area contributed by atoms with Crippen molar-refractivity contribution in [1.29, 1.82) is 0 Å². The molecule has 2 rings (SSSR count). The van der Waals surface area contributed by atoms with E-state index in [9.17, 15) is 8.53 Å². The van der Waals surface area contributed by atoms with Gasteiger partial charge in [-0.3, -0.25) is 0 Å².